The molecule has 1 atom stereocenters. The summed E-state index contributed by atoms with van der Waals surface area (Å²) in [5.41, 5.74) is 0.440. The first kappa shape index (κ1) is 14.8. The van der Waals surface area contributed by atoms with E-state index in [-0.39, 0.29) is 0 Å². The third-order valence-corrected chi connectivity index (χ3v) is 3.70. The van der Waals surface area contributed by atoms with Crippen LogP contribution in [0, 0.1) is 5.92 Å². The molecule has 1 aromatic carbocycles. The molecule has 1 aliphatic rings. The van der Waals surface area contributed by atoms with E-state index in [2.05, 4.69) is 15.5 Å². The average molecular weight is 296 g/mol. The van der Waals surface area contributed by atoms with Crippen molar-refractivity contribution in [1.82, 2.24) is 10.2 Å². The second-order valence-corrected chi connectivity index (χ2v) is 5.47. The Balaban J connectivity index is 1.80. The molecule has 2 rings (SSSR count). The normalized spacial score (nSPS) is 18.8. The standard InChI is InChI=1S/C14H18ClN3O2/c1-18-7-6-10(9-18)8-16-13(19)14(20)17-12-5-3-2-4-11(12)15/h2-5,10H,6-9H2,1H3,(H,16,19)(H,17,20). The van der Waals surface area contributed by atoms with Gasteiger partial charge in [-0.2, -0.15) is 0 Å². The van der Waals surface area contributed by atoms with Gasteiger partial charge in [0.2, 0.25) is 0 Å². The summed E-state index contributed by atoms with van der Waals surface area (Å²) in [4.78, 5) is 25.7. The minimum Gasteiger partial charge on any atom is -0.347 e. The van der Waals surface area contributed by atoms with Gasteiger partial charge < -0.3 is 15.5 Å². The van der Waals surface area contributed by atoms with Crippen LogP contribution < -0.4 is 10.6 Å². The maximum absolute atomic E-state index is 11.7. The predicted octanol–water partition coefficient (Wildman–Crippen LogP) is 1.35. The van der Waals surface area contributed by atoms with E-state index in [0.29, 0.717) is 23.2 Å². The van der Waals surface area contributed by atoms with Gasteiger partial charge in [-0.25, -0.2) is 0 Å². The maximum atomic E-state index is 11.7. The predicted molar refractivity (Wildman–Crippen MR) is 78.7 cm³/mol. The van der Waals surface area contributed by atoms with Gasteiger partial charge in [-0.3, -0.25) is 9.59 Å². The van der Waals surface area contributed by atoms with E-state index in [1.54, 1.807) is 24.3 Å². The SMILES string of the molecule is CN1CCC(CNC(=O)C(=O)Nc2ccccc2Cl)C1. The molecule has 2 N–H and O–H groups in total. The van der Waals surface area contributed by atoms with Crippen molar-refractivity contribution in [1.29, 1.82) is 0 Å². The molecule has 1 unspecified atom stereocenters. The summed E-state index contributed by atoms with van der Waals surface area (Å²) in [6, 6.07) is 6.81. The highest BCUT2D eigenvalue weighted by Gasteiger charge is 2.21. The van der Waals surface area contributed by atoms with E-state index in [1.165, 1.54) is 0 Å². The molecule has 0 radical (unpaired) electrons. The molecule has 0 spiro atoms. The summed E-state index contributed by atoms with van der Waals surface area (Å²) in [6.07, 6.45) is 1.04. The van der Waals surface area contributed by atoms with Gasteiger partial charge in [-0.15, -0.1) is 0 Å². The molecule has 6 heteroatoms. The minimum atomic E-state index is -0.690. The summed E-state index contributed by atoms with van der Waals surface area (Å²) >= 11 is 5.92. The first-order valence-corrected chi connectivity index (χ1v) is 6.96. The fourth-order valence-corrected chi connectivity index (χ4v) is 2.43. The summed E-state index contributed by atoms with van der Waals surface area (Å²) < 4.78 is 0. The van der Waals surface area contributed by atoms with Crippen LogP contribution in [-0.2, 0) is 9.59 Å². The van der Waals surface area contributed by atoms with E-state index >= 15 is 0 Å². The number of amides is 2. The summed E-state index contributed by atoms with van der Waals surface area (Å²) in [7, 11) is 2.05. The van der Waals surface area contributed by atoms with Crippen molar-refractivity contribution < 1.29 is 9.59 Å². The Kier molecular flexibility index (Phi) is 4.98. The highest BCUT2D eigenvalue weighted by Crippen LogP contribution is 2.20. The number of nitrogens with zero attached hydrogens (tertiary/aromatic N) is 1. The Bertz CT molecular complexity index is 507. The van der Waals surface area contributed by atoms with E-state index in [0.717, 1.165) is 19.5 Å². The molecule has 5 nitrogen and oxygen atoms in total. The largest absolute Gasteiger partial charge is 0.347 e. The fourth-order valence-electron chi connectivity index (χ4n) is 2.25. The number of hydrogen-bond acceptors (Lipinski definition) is 3. The van der Waals surface area contributed by atoms with E-state index in [1.807, 2.05) is 7.05 Å². The van der Waals surface area contributed by atoms with Gasteiger partial charge in [-0.05, 0) is 38.1 Å². The zero-order chi connectivity index (χ0) is 14.5. The Morgan fingerprint density at radius 2 is 2.10 bits per heavy atom. The van der Waals surface area contributed by atoms with Gasteiger partial charge in [0, 0.05) is 13.1 Å². The number of carbonyl (C=O) groups excluding carboxylic acids is 2. The van der Waals surface area contributed by atoms with Gasteiger partial charge in [0.05, 0.1) is 10.7 Å². The van der Waals surface area contributed by atoms with Crippen molar-refractivity contribution in [2.24, 2.45) is 5.92 Å². The van der Waals surface area contributed by atoms with Crippen LogP contribution in [0.25, 0.3) is 0 Å². The zero-order valence-corrected chi connectivity index (χ0v) is 12.1. The molecule has 1 aliphatic heterocycles. The van der Waals surface area contributed by atoms with E-state index in [9.17, 15) is 9.59 Å². The van der Waals surface area contributed by atoms with Crippen molar-refractivity contribution in [2.45, 2.75) is 6.42 Å². The van der Waals surface area contributed by atoms with Gasteiger partial charge in [-0.1, -0.05) is 23.7 Å². The lowest BCUT2D eigenvalue weighted by Gasteiger charge is -2.12. The molecular weight excluding hydrogens is 278 g/mol. The van der Waals surface area contributed by atoms with Gasteiger partial charge in [0.25, 0.3) is 0 Å². The minimum absolute atomic E-state index is 0.408. The summed E-state index contributed by atoms with van der Waals surface area (Å²) in [5, 5.41) is 5.57. The maximum Gasteiger partial charge on any atom is 0.313 e. The van der Waals surface area contributed by atoms with Gasteiger partial charge >= 0.3 is 11.8 Å². The highest BCUT2D eigenvalue weighted by molar-refractivity contribution is 6.41. The van der Waals surface area contributed by atoms with Crippen molar-refractivity contribution in [2.75, 3.05) is 32.0 Å². The third-order valence-electron chi connectivity index (χ3n) is 3.37. The number of benzene rings is 1. The van der Waals surface area contributed by atoms with Crippen LogP contribution in [0.15, 0.2) is 24.3 Å². The molecule has 2 amide bonds. The summed E-state index contributed by atoms with van der Waals surface area (Å²) in [5.74, 6) is -0.902. The molecule has 1 fully saturated rings. The molecule has 1 saturated heterocycles. The highest BCUT2D eigenvalue weighted by atomic mass is 35.5. The number of nitrogens with one attached hydrogen (secondary N) is 2. The van der Waals surface area contributed by atoms with Crippen LogP contribution in [0.5, 0.6) is 0 Å². The lowest BCUT2D eigenvalue weighted by atomic mass is 10.1. The van der Waals surface area contributed by atoms with Crippen molar-refractivity contribution in [3.63, 3.8) is 0 Å². The monoisotopic (exact) mass is 295 g/mol. The molecule has 1 aromatic rings. The topological polar surface area (TPSA) is 61.4 Å². The number of rotatable bonds is 3. The Labute approximate surface area is 123 Å². The molecule has 0 aliphatic carbocycles. The lowest BCUT2D eigenvalue weighted by molar-refractivity contribution is -0.136. The molecule has 0 aromatic heterocycles. The van der Waals surface area contributed by atoms with Crippen LogP contribution in [-0.4, -0.2) is 43.4 Å². The second-order valence-electron chi connectivity index (χ2n) is 5.06. The van der Waals surface area contributed by atoms with Crippen LogP contribution in [0.2, 0.25) is 5.02 Å². The first-order chi connectivity index (χ1) is 9.56. The fraction of sp³-hybridized carbons (Fsp3) is 0.429. The van der Waals surface area contributed by atoms with Crippen LogP contribution in [0.3, 0.4) is 0 Å². The number of anilines is 1. The Hall–Kier alpha value is -1.59. The number of halogens is 1. The van der Waals surface area contributed by atoms with E-state index < -0.39 is 11.8 Å². The number of likely N-dealkylation sites (tertiary alicyclic amines) is 1. The van der Waals surface area contributed by atoms with Crippen molar-refractivity contribution >= 4 is 29.1 Å². The van der Waals surface area contributed by atoms with Crippen LogP contribution in [0.4, 0.5) is 5.69 Å². The molecular formula is C14H18ClN3O2. The van der Waals surface area contributed by atoms with E-state index in [4.69, 9.17) is 11.6 Å². The average Bonchev–Trinajstić information content (AvgIpc) is 2.84. The molecule has 0 saturated carbocycles. The number of carbonyl (C=O) groups is 2. The zero-order valence-electron chi connectivity index (χ0n) is 11.4. The number of para-hydroxylation sites is 1. The third kappa shape index (κ3) is 3.95. The lowest BCUT2D eigenvalue weighted by Crippen LogP contribution is -2.38. The Morgan fingerprint density at radius 1 is 1.35 bits per heavy atom. The van der Waals surface area contributed by atoms with Gasteiger partial charge in [0.1, 0.15) is 0 Å². The Morgan fingerprint density at radius 3 is 2.75 bits per heavy atom. The van der Waals surface area contributed by atoms with Crippen LogP contribution >= 0.6 is 11.6 Å². The van der Waals surface area contributed by atoms with Gasteiger partial charge in [0.15, 0.2) is 0 Å². The summed E-state index contributed by atoms with van der Waals surface area (Å²) in [6.45, 7) is 2.51. The quantitative estimate of drug-likeness (QED) is 0.828. The number of hydrogen-bond donors (Lipinski definition) is 2. The van der Waals surface area contributed by atoms with Crippen molar-refractivity contribution in [3.8, 4) is 0 Å². The first-order valence-electron chi connectivity index (χ1n) is 6.58. The van der Waals surface area contributed by atoms with Crippen molar-refractivity contribution in [3.05, 3.63) is 29.3 Å². The molecule has 20 heavy (non-hydrogen) atoms. The second kappa shape index (κ2) is 6.72. The van der Waals surface area contributed by atoms with Crippen LogP contribution in [0.1, 0.15) is 6.42 Å². The molecule has 108 valence electrons. The molecule has 0 bridgehead atoms. The smallest absolute Gasteiger partial charge is 0.313 e. The molecule has 1 heterocycles.